The largest absolute Gasteiger partial charge is 0.397 e. The van der Waals surface area contributed by atoms with E-state index < -0.39 is 0 Å². The molecule has 0 fully saturated rings. The minimum Gasteiger partial charge on any atom is -0.397 e. The number of nitrogens with zero attached hydrogens (tertiary/aromatic N) is 2. The van der Waals surface area contributed by atoms with Gasteiger partial charge in [-0.05, 0) is 18.4 Å². The lowest BCUT2D eigenvalue weighted by Crippen LogP contribution is -2.02. The number of fused-ring (bicyclic) bond motifs is 1. The molecule has 2 N–H and O–H groups in total. The summed E-state index contributed by atoms with van der Waals surface area (Å²) in [6.45, 7) is 4.43. The second-order valence-corrected chi connectivity index (χ2v) is 4.41. The normalized spacial score (nSPS) is 11.5. The van der Waals surface area contributed by atoms with Gasteiger partial charge in [0.25, 0.3) is 0 Å². The molecule has 0 aliphatic carbocycles. The fourth-order valence-corrected chi connectivity index (χ4v) is 1.92. The van der Waals surface area contributed by atoms with Crippen molar-refractivity contribution in [1.82, 2.24) is 9.78 Å². The number of hydrogen-bond acceptors (Lipinski definition) is 2. The lowest BCUT2D eigenvalue weighted by molar-refractivity contribution is 0.600. The van der Waals surface area contributed by atoms with Crippen molar-refractivity contribution in [3.05, 3.63) is 23.9 Å². The number of nitrogens with two attached hydrogens (primary N) is 1. The highest BCUT2D eigenvalue weighted by Gasteiger charge is 2.11. The van der Waals surface area contributed by atoms with Crippen LogP contribution in [0.25, 0.3) is 10.9 Å². The van der Waals surface area contributed by atoms with Gasteiger partial charge in [0.05, 0.1) is 5.69 Å². The fourth-order valence-electron chi connectivity index (χ4n) is 1.92. The standard InChI is InChI=1S/C12H17N3/c1-8(2)7-11-9-5-4-6-10(13)12(9)14-15(11)3/h4-6,8H,7,13H2,1-3H3. The topological polar surface area (TPSA) is 43.8 Å². The van der Waals surface area contributed by atoms with Gasteiger partial charge in [0.2, 0.25) is 0 Å². The quantitative estimate of drug-likeness (QED) is 0.761. The van der Waals surface area contributed by atoms with Crippen molar-refractivity contribution in [2.75, 3.05) is 5.73 Å². The molecule has 0 saturated heterocycles. The Morgan fingerprint density at radius 2 is 2.13 bits per heavy atom. The molecule has 0 bridgehead atoms. The highest BCUT2D eigenvalue weighted by atomic mass is 15.3. The third-order valence-electron chi connectivity index (χ3n) is 2.62. The average molecular weight is 203 g/mol. The number of aryl methyl sites for hydroxylation is 1. The lowest BCUT2D eigenvalue weighted by atomic mass is 10.0. The van der Waals surface area contributed by atoms with E-state index >= 15 is 0 Å². The van der Waals surface area contributed by atoms with Gasteiger partial charge >= 0.3 is 0 Å². The average Bonchev–Trinajstić information content (AvgIpc) is 2.45. The molecule has 1 aromatic carbocycles. The van der Waals surface area contributed by atoms with Gasteiger partial charge in [-0.3, -0.25) is 4.68 Å². The van der Waals surface area contributed by atoms with Crippen molar-refractivity contribution in [2.45, 2.75) is 20.3 Å². The van der Waals surface area contributed by atoms with Crippen molar-refractivity contribution < 1.29 is 0 Å². The molecule has 3 nitrogen and oxygen atoms in total. The molecule has 15 heavy (non-hydrogen) atoms. The Morgan fingerprint density at radius 3 is 2.80 bits per heavy atom. The van der Waals surface area contributed by atoms with Crippen LogP contribution in [-0.2, 0) is 13.5 Å². The van der Waals surface area contributed by atoms with E-state index in [9.17, 15) is 0 Å². The Labute approximate surface area is 89.9 Å². The van der Waals surface area contributed by atoms with Gasteiger partial charge in [0.1, 0.15) is 5.52 Å². The zero-order valence-electron chi connectivity index (χ0n) is 9.49. The molecule has 1 heterocycles. The van der Waals surface area contributed by atoms with Crippen LogP contribution >= 0.6 is 0 Å². The zero-order valence-corrected chi connectivity index (χ0v) is 9.49. The molecule has 0 saturated carbocycles. The molecule has 2 rings (SSSR count). The molecule has 3 heteroatoms. The summed E-state index contributed by atoms with van der Waals surface area (Å²) in [4.78, 5) is 0. The van der Waals surface area contributed by atoms with Crippen LogP contribution in [0.5, 0.6) is 0 Å². The summed E-state index contributed by atoms with van der Waals surface area (Å²) in [5, 5.41) is 5.64. The van der Waals surface area contributed by atoms with Crippen LogP contribution in [0.15, 0.2) is 18.2 Å². The molecule has 1 aromatic heterocycles. The predicted molar refractivity (Wildman–Crippen MR) is 63.7 cm³/mol. The predicted octanol–water partition coefficient (Wildman–Crippen LogP) is 2.35. The van der Waals surface area contributed by atoms with E-state index in [4.69, 9.17) is 5.73 Å². The number of benzene rings is 1. The highest BCUT2D eigenvalue weighted by Crippen LogP contribution is 2.24. The second kappa shape index (κ2) is 3.57. The van der Waals surface area contributed by atoms with Crippen molar-refractivity contribution in [3.8, 4) is 0 Å². The highest BCUT2D eigenvalue weighted by molar-refractivity contribution is 5.91. The monoisotopic (exact) mass is 203 g/mol. The summed E-state index contributed by atoms with van der Waals surface area (Å²) >= 11 is 0. The number of anilines is 1. The lowest BCUT2D eigenvalue weighted by Gasteiger charge is -2.05. The van der Waals surface area contributed by atoms with E-state index in [0.717, 1.165) is 17.6 Å². The molecular formula is C12H17N3. The molecule has 0 unspecified atom stereocenters. The van der Waals surface area contributed by atoms with Crippen molar-refractivity contribution in [3.63, 3.8) is 0 Å². The molecule has 0 aliphatic rings. The zero-order chi connectivity index (χ0) is 11.0. The minimum absolute atomic E-state index is 0.630. The van der Waals surface area contributed by atoms with Gasteiger partial charge in [-0.15, -0.1) is 0 Å². The smallest absolute Gasteiger partial charge is 0.115 e. The molecule has 80 valence electrons. The third kappa shape index (κ3) is 1.69. The van der Waals surface area contributed by atoms with E-state index in [1.165, 1.54) is 11.1 Å². The van der Waals surface area contributed by atoms with Crippen molar-refractivity contribution in [2.24, 2.45) is 13.0 Å². The summed E-state index contributed by atoms with van der Waals surface area (Å²) in [6.07, 6.45) is 1.04. The first-order chi connectivity index (χ1) is 7.09. The van der Waals surface area contributed by atoms with Crippen LogP contribution in [0.4, 0.5) is 5.69 Å². The van der Waals surface area contributed by atoms with Crippen molar-refractivity contribution in [1.29, 1.82) is 0 Å². The van der Waals surface area contributed by atoms with Gasteiger partial charge in [0, 0.05) is 18.1 Å². The Bertz CT molecular complexity index is 483. The van der Waals surface area contributed by atoms with E-state index in [2.05, 4.69) is 25.0 Å². The van der Waals surface area contributed by atoms with Crippen LogP contribution in [0.3, 0.4) is 0 Å². The van der Waals surface area contributed by atoms with E-state index in [1.54, 1.807) is 0 Å². The Morgan fingerprint density at radius 1 is 1.40 bits per heavy atom. The molecule has 0 amide bonds. The van der Waals surface area contributed by atoms with Gasteiger partial charge < -0.3 is 5.73 Å². The molecule has 0 spiro atoms. The van der Waals surface area contributed by atoms with Gasteiger partial charge in [-0.1, -0.05) is 26.0 Å². The minimum atomic E-state index is 0.630. The number of aromatic nitrogens is 2. The summed E-state index contributed by atoms with van der Waals surface area (Å²) in [7, 11) is 1.98. The first-order valence-electron chi connectivity index (χ1n) is 5.29. The maximum Gasteiger partial charge on any atom is 0.115 e. The summed E-state index contributed by atoms with van der Waals surface area (Å²) < 4.78 is 1.95. The molecule has 0 radical (unpaired) electrons. The Hall–Kier alpha value is -1.51. The molecular weight excluding hydrogens is 186 g/mol. The van der Waals surface area contributed by atoms with Crippen LogP contribution in [0.2, 0.25) is 0 Å². The molecule has 0 atom stereocenters. The van der Waals surface area contributed by atoms with E-state index in [-0.39, 0.29) is 0 Å². The third-order valence-corrected chi connectivity index (χ3v) is 2.62. The molecule has 0 aliphatic heterocycles. The first kappa shape index (κ1) is 10.0. The van der Waals surface area contributed by atoms with Crippen LogP contribution in [0.1, 0.15) is 19.5 Å². The van der Waals surface area contributed by atoms with Gasteiger partial charge in [0.15, 0.2) is 0 Å². The molecule has 2 aromatic rings. The summed E-state index contributed by atoms with van der Waals surface area (Å²) in [5.41, 5.74) is 8.85. The number of nitrogen functional groups attached to an aromatic ring is 1. The number of rotatable bonds is 2. The van der Waals surface area contributed by atoms with Crippen LogP contribution in [-0.4, -0.2) is 9.78 Å². The van der Waals surface area contributed by atoms with Crippen molar-refractivity contribution >= 4 is 16.6 Å². The maximum absolute atomic E-state index is 5.89. The first-order valence-corrected chi connectivity index (χ1v) is 5.29. The van der Waals surface area contributed by atoms with Crippen LogP contribution in [0, 0.1) is 5.92 Å². The summed E-state index contributed by atoms with van der Waals surface area (Å²) in [6, 6.07) is 5.98. The van der Waals surface area contributed by atoms with Crippen LogP contribution < -0.4 is 5.73 Å². The van der Waals surface area contributed by atoms with Gasteiger partial charge in [-0.25, -0.2) is 0 Å². The van der Waals surface area contributed by atoms with Gasteiger partial charge in [-0.2, -0.15) is 5.10 Å². The maximum atomic E-state index is 5.89. The van der Waals surface area contributed by atoms with E-state index in [0.29, 0.717) is 5.92 Å². The SMILES string of the molecule is CC(C)Cc1c2cccc(N)c2nn1C. The fraction of sp³-hybridized carbons (Fsp3) is 0.417. The Kier molecular flexibility index (Phi) is 2.39. The number of hydrogen-bond donors (Lipinski definition) is 1. The summed E-state index contributed by atoms with van der Waals surface area (Å²) in [5.74, 6) is 0.630. The second-order valence-electron chi connectivity index (χ2n) is 4.41. The van der Waals surface area contributed by atoms with E-state index in [1.807, 2.05) is 23.9 Å². The Balaban J connectivity index is 2.63.